The number of carbonyl (C=O) groups is 4. The van der Waals surface area contributed by atoms with Crippen molar-refractivity contribution >= 4 is 23.6 Å². The molecule has 1 fully saturated rings. The van der Waals surface area contributed by atoms with Crippen LogP contribution in [-0.4, -0.2) is 36.3 Å². The standard InChI is InChI=1S/C20H19NO6/c1-3-14(27-15-8-6-5-7-11(15)20(25)26-4-2)17-13(22)10-9-12-16(17)19(24)21-18(12)23/h5-9,14H,3-4,10H2,1-2H3,(H,21,23,24). The van der Waals surface area contributed by atoms with Crippen molar-refractivity contribution in [2.45, 2.75) is 32.8 Å². The number of carbonyl (C=O) groups excluding carboxylic acids is 4. The van der Waals surface area contributed by atoms with E-state index in [1.54, 1.807) is 38.1 Å². The number of amides is 2. The van der Waals surface area contributed by atoms with Crippen molar-refractivity contribution in [2.75, 3.05) is 6.61 Å². The molecular weight excluding hydrogens is 350 g/mol. The van der Waals surface area contributed by atoms with Gasteiger partial charge >= 0.3 is 5.97 Å². The lowest BCUT2D eigenvalue weighted by Crippen LogP contribution is -2.29. The van der Waals surface area contributed by atoms with Gasteiger partial charge in [0.25, 0.3) is 11.8 Å². The van der Waals surface area contributed by atoms with Crippen LogP contribution in [0.1, 0.15) is 37.0 Å². The Morgan fingerprint density at radius 2 is 1.89 bits per heavy atom. The molecule has 0 spiro atoms. The highest BCUT2D eigenvalue weighted by atomic mass is 16.5. The molecule has 1 aliphatic carbocycles. The van der Waals surface area contributed by atoms with E-state index in [0.717, 1.165) is 0 Å². The number of hydrogen-bond donors (Lipinski definition) is 1. The van der Waals surface area contributed by atoms with Gasteiger partial charge < -0.3 is 9.47 Å². The molecule has 3 rings (SSSR count). The van der Waals surface area contributed by atoms with Crippen LogP contribution in [-0.2, 0) is 19.1 Å². The number of imide groups is 1. The molecule has 1 atom stereocenters. The number of para-hydroxylation sites is 1. The Kier molecular flexibility index (Phi) is 5.21. The van der Waals surface area contributed by atoms with E-state index in [4.69, 9.17) is 9.47 Å². The van der Waals surface area contributed by atoms with Gasteiger partial charge in [-0.25, -0.2) is 4.79 Å². The third-order valence-electron chi connectivity index (χ3n) is 4.37. The fourth-order valence-corrected chi connectivity index (χ4v) is 3.16. The average Bonchev–Trinajstić information content (AvgIpc) is 2.94. The molecule has 7 heteroatoms. The fourth-order valence-electron chi connectivity index (χ4n) is 3.16. The van der Waals surface area contributed by atoms with Crippen molar-refractivity contribution in [3.05, 3.63) is 52.6 Å². The molecular formula is C20H19NO6. The summed E-state index contributed by atoms with van der Waals surface area (Å²) in [6.07, 6.45) is 1.08. The zero-order chi connectivity index (χ0) is 19.6. The lowest BCUT2D eigenvalue weighted by molar-refractivity contribution is -0.123. The molecule has 2 aliphatic rings. The minimum atomic E-state index is -0.775. The van der Waals surface area contributed by atoms with Gasteiger partial charge in [0.2, 0.25) is 0 Å². The third kappa shape index (κ3) is 3.40. The van der Waals surface area contributed by atoms with Crippen LogP contribution in [0.2, 0.25) is 0 Å². The smallest absolute Gasteiger partial charge is 0.341 e. The summed E-state index contributed by atoms with van der Waals surface area (Å²) < 4.78 is 11.0. The van der Waals surface area contributed by atoms with Gasteiger partial charge in [-0.3, -0.25) is 19.7 Å². The topological polar surface area (TPSA) is 98.8 Å². The number of Topliss-reactive ketones (excluding diaryl/α,β-unsaturated/α-hetero) is 1. The molecule has 0 aromatic heterocycles. The molecule has 2 amide bonds. The molecule has 1 aromatic carbocycles. The monoisotopic (exact) mass is 369 g/mol. The first-order valence-electron chi connectivity index (χ1n) is 8.74. The van der Waals surface area contributed by atoms with E-state index in [1.807, 2.05) is 0 Å². The summed E-state index contributed by atoms with van der Waals surface area (Å²) >= 11 is 0. The Bertz CT molecular complexity index is 895. The predicted octanol–water partition coefficient (Wildman–Crippen LogP) is 1.87. The highest BCUT2D eigenvalue weighted by Gasteiger charge is 2.40. The molecule has 1 unspecified atom stereocenters. The van der Waals surface area contributed by atoms with Crippen LogP contribution in [0.25, 0.3) is 0 Å². The van der Waals surface area contributed by atoms with Crippen LogP contribution in [0.3, 0.4) is 0 Å². The summed E-state index contributed by atoms with van der Waals surface area (Å²) in [6.45, 7) is 3.72. The molecule has 1 heterocycles. The normalized spacial score (nSPS) is 17.3. The van der Waals surface area contributed by atoms with Crippen molar-refractivity contribution < 1.29 is 28.7 Å². The molecule has 0 radical (unpaired) electrons. The molecule has 1 saturated heterocycles. The van der Waals surface area contributed by atoms with Crippen molar-refractivity contribution in [2.24, 2.45) is 0 Å². The average molecular weight is 369 g/mol. The van der Waals surface area contributed by atoms with Gasteiger partial charge in [0.15, 0.2) is 5.78 Å². The van der Waals surface area contributed by atoms with Crippen LogP contribution in [0.4, 0.5) is 0 Å². The van der Waals surface area contributed by atoms with Crippen molar-refractivity contribution in [3.8, 4) is 5.75 Å². The second kappa shape index (κ2) is 7.57. The maximum absolute atomic E-state index is 12.5. The quantitative estimate of drug-likeness (QED) is 0.607. The molecule has 1 aromatic rings. The Labute approximate surface area is 156 Å². The van der Waals surface area contributed by atoms with E-state index >= 15 is 0 Å². The maximum Gasteiger partial charge on any atom is 0.341 e. The van der Waals surface area contributed by atoms with Crippen molar-refractivity contribution in [1.29, 1.82) is 0 Å². The lowest BCUT2D eigenvalue weighted by atomic mass is 9.87. The number of nitrogens with one attached hydrogen (secondary N) is 1. The number of allylic oxidation sites excluding steroid dienone is 1. The Morgan fingerprint density at radius 1 is 1.15 bits per heavy atom. The first kappa shape index (κ1) is 18.6. The summed E-state index contributed by atoms with van der Waals surface area (Å²) in [4.78, 5) is 48.8. The lowest BCUT2D eigenvalue weighted by Gasteiger charge is -2.24. The number of ketones is 1. The molecule has 140 valence electrons. The molecule has 1 N–H and O–H groups in total. The highest BCUT2D eigenvalue weighted by Crippen LogP contribution is 2.33. The van der Waals surface area contributed by atoms with E-state index in [1.165, 1.54) is 6.08 Å². The second-order valence-electron chi connectivity index (χ2n) is 6.05. The van der Waals surface area contributed by atoms with Crippen molar-refractivity contribution in [1.82, 2.24) is 5.32 Å². The number of esters is 1. The van der Waals surface area contributed by atoms with Crippen LogP contribution in [0, 0.1) is 0 Å². The number of hydrogen-bond acceptors (Lipinski definition) is 6. The zero-order valence-electron chi connectivity index (χ0n) is 15.0. The predicted molar refractivity (Wildman–Crippen MR) is 95.0 cm³/mol. The molecule has 7 nitrogen and oxygen atoms in total. The van der Waals surface area contributed by atoms with Gasteiger partial charge in [-0.1, -0.05) is 25.1 Å². The molecule has 1 aliphatic heterocycles. The summed E-state index contributed by atoms with van der Waals surface area (Å²) in [5, 5.41) is 2.21. The molecule has 27 heavy (non-hydrogen) atoms. The highest BCUT2D eigenvalue weighted by molar-refractivity contribution is 6.28. The van der Waals surface area contributed by atoms with E-state index < -0.39 is 23.9 Å². The fraction of sp³-hybridized carbons (Fsp3) is 0.300. The van der Waals surface area contributed by atoms with E-state index in [0.29, 0.717) is 6.42 Å². The summed E-state index contributed by atoms with van der Waals surface area (Å²) in [6, 6.07) is 6.54. The maximum atomic E-state index is 12.5. The van der Waals surface area contributed by atoms with E-state index in [9.17, 15) is 19.2 Å². The van der Waals surface area contributed by atoms with Crippen LogP contribution < -0.4 is 10.1 Å². The first-order chi connectivity index (χ1) is 13.0. The summed E-state index contributed by atoms with van der Waals surface area (Å²) in [7, 11) is 0. The van der Waals surface area contributed by atoms with Gasteiger partial charge in [-0.15, -0.1) is 0 Å². The molecule has 0 bridgehead atoms. The zero-order valence-corrected chi connectivity index (χ0v) is 15.0. The number of fused-ring (bicyclic) bond motifs is 1. The second-order valence-corrected chi connectivity index (χ2v) is 6.05. The van der Waals surface area contributed by atoms with Crippen molar-refractivity contribution in [3.63, 3.8) is 0 Å². The van der Waals surface area contributed by atoms with Crippen LogP contribution >= 0.6 is 0 Å². The summed E-state index contributed by atoms with van der Waals surface area (Å²) in [5.41, 5.74) is 0.665. The van der Waals surface area contributed by atoms with Crippen LogP contribution in [0.15, 0.2) is 47.1 Å². The number of benzene rings is 1. The minimum Gasteiger partial charge on any atom is -0.485 e. The van der Waals surface area contributed by atoms with E-state index in [2.05, 4.69) is 5.32 Å². The van der Waals surface area contributed by atoms with Gasteiger partial charge in [-0.2, -0.15) is 0 Å². The van der Waals surface area contributed by atoms with Gasteiger partial charge in [0.05, 0.1) is 12.2 Å². The molecule has 0 saturated carbocycles. The number of ether oxygens (including phenoxy) is 2. The third-order valence-corrected chi connectivity index (χ3v) is 4.37. The largest absolute Gasteiger partial charge is 0.485 e. The van der Waals surface area contributed by atoms with Gasteiger partial charge in [0, 0.05) is 17.6 Å². The van der Waals surface area contributed by atoms with Gasteiger partial charge in [-0.05, 0) is 25.5 Å². The first-order valence-corrected chi connectivity index (χ1v) is 8.74. The van der Waals surface area contributed by atoms with Gasteiger partial charge in [0.1, 0.15) is 17.4 Å². The summed E-state index contributed by atoms with van der Waals surface area (Å²) in [5.74, 6) is -1.68. The van der Waals surface area contributed by atoms with Crippen LogP contribution in [0.5, 0.6) is 5.75 Å². The number of rotatable bonds is 6. The Morgan fingerprint density at radius 3 is 2.59 bits per heavy atom. The minimum absolute atomic E-state index is 0.0221. The Hall–Kier alpha value is -3.22. The Balaban J connectivity index is 2.01. The van der Waals surface area contributed by atoms with E-state index in [-0.39, 0.29) is 46.8 Å². The SMILES string of the molecule is CCOC(=O)c1ccccc1OC(CC)C1=C2C(=O)NC(=O)C2=CCC1=O.